The summed E-state index contributed by atoms with van der Waals surface area (Å²) in [6.45, 7) is 11.7. The van der Waals surface area contributed by atoms with Crippen molar-refractivity contribution in [3.63, 3.8) is 0 Å². The summed E-state index contributed by atoms with van der Waals surface area (Å²) >= 11 is 0. The van der Waals surface area contributed by atoms with Gasteiger partial charge in [-0.3, -0.25) is 9.59 Å². The molecule has 14 heteroatoms. The third-order valence-electron chi connectivity index (χ3n) is 13.1. The molecule has 4 aromatic rings. The summed E-state index contributed by atoms with van der Waals surface area (Å²) in [5.74, 6) is 0.996. The SMILES string of the molecule is COc1cc(N2CCOCC2)ccc1-c1c2oc3ccc(Cc4c(C)c5nc6ccc(C(F)(F)F)cc6oc-5c(-c5ccc(N6CCN(C)CC6)cc5)c4=O)cc3nc-2c(C)c(C)c1=O. The minimum absolute atomic E-state index is 0.0769. The van der Waals surface area contributed by atoms with E-state index in [4.69, 9.17) is 28.3 Å². The van der Waals surface area contributed by atoms with E-state index < -0.39 is 11.7 Å². The van der Waals surface area contributed by atoms with Crippen LogP contribution in [0.1, 0.15) is 33.4 Å². The van der Waals surface area contributed by atoms with Crippen molar-refractivity contribution in [1.82, 2.24) is 14.9 Å². The molecule has 2 fully saturated rings. The Morgan fingerprint density at radius 2 is 1.32 bits per heavy atom. The quantitative estimate of drug-likeness (QED) is 0.143. The predicted octanol–water partition coefficient (Wildman–Crippen LogP) is 9.36. The number of ether oxygens (including phenoxy) is 2. The molecule has 2 aliphatic carbocycles. The Bertz CT molecular complexity index is 3200. The maximum absolute atomic E-state index is 14.9. The molecule has 4 heterocycles. The second-order valence-electron chi connectivity index (χ2n) is 17.0. The van der Waals surface area contributed by atoms with Crippen LogP contribution in [-0.4, -0.2) is 81.5 Å². The largest absolute Gasteiger partial charge is 0.496 e. The van der Waals surface area contributed by atoms with E-state index in [-0.39, 0.29) is 39.7 Å². The number of piperazine rings is 1. The highest BCUT2D eigenvalue weighted by molar-refractivity contribution is 5.90. The zero-order chi connectivity index (χ0) is 45.3. The molecule has 0 bridgehead atoms. The normalized spacial score (nSPS) is 15.2. The van der Waals surface area contributed by atoms with Crippen LogP contribution in [0.3, 0.4) is 0 Å². The first kappa shape index (κ1) is 42.2. The zero-order valence-electron chi connectivity index (χ0n) is 36.7. The topological polar surface area (TPSA) is 114 Å². The molecule has 0 saturated carbocycles. The van der Waals surface area contributed by atoms with E-state index in [1.807, 2.05) is 61.5 Å². The van der Waals surface area contributed by atoms with Crippen LogP contribution in [0.2, 0.25) is 0 Å². The number of fused-ring (bicyclic) bond motifs is 4. The van der Waals surface area contributed by atoms with Gasteiger partial charge in [-0.25, -0.2) is 9.97 Å². The second-order valence-corrected chi connectivity index (χ2v) is 17.0. The van der Waals surface area contributed by atoms with Crippen molar-refractivity contribution in [2.45, 2.75) is 33.4 Å². The number of benzene rings is 6. The van der Waals surface area contributed by atoms with E-state index in [1.54, 1.807) is 27.0 Å². The molecule has 0 atom stereocenters. The van der Waals surface area contributed by atoms with Crippen molar-refractivity contribution in [1.29, 1.82) is 0 Å². The van der Waals surface area contributed by atoms with Gasteiger partial charge in [-0.1, -0.05) is 18.2 Å². The maximum Gasteiger partial charge on any atom is 0.416 e. The van der Waals surface area contributed by atoms with Gasteiger partial charge in [0.25, 0.3) is 0 Å². The van der Waals surface area contributed by atoms with Gasteiger partial charge >= 0.3 is 6.18 Å². The minimum atomic E-state index is -4.60. The van der Waals surface area contributed by atoms with E-state index in [9.17, 15) is 22.8 Å². The smallest absolute Gasteiger partial charge is 0.416 e. The molecule has 332 valence electrons. The second kappa shape index (κ2) is 16.3. The molecule has 0 N–H and O–H groups in total. The van der Waals surface area contributed by atoms with Crippen LogP contribution < -0.4 is 25.4 Å². The lowest BCUT2D eigenvalue weighted by molar-refractivity contribution is -0.137. The van der Waals surface area contributed by atoms with Crippen molar-refractivity contribution in [2.75, 3.05) is 76.4 Å². The fraction of sp³-hybridized carbons (Fsp3) is 0.294. The monoisotopic (exact) mass is 881 g/mol. The number of rotatable bonds is 7. The summed E-state index contributed by atoms with van der Waals surface area (Å²) < 4.78 is 65.8. The average molecular weight is 882 g/mol. The number of aromatic nitrogens is 2. The van der Waals surface area contributed by atoms with Crippen molar-refractivity contribution in [2.24, 2.45) is 0 Å². The fourth-order valence-corrected chi connectivity index (χ4v) is 9.16. The molecule has 0 amide bonds. The number of alkyl halides is 3. The van der Waals surface area contributed by atoms with Crippen molar-refractivity contribution >= 4 is 33.6 Å². The Kier molecular flexibility index (Phi) is 10.6. The summed E-state index contributed by atoms with van der Waals surface area (Å²) in [6.07, 6.45) is -4.41. The molecule has 0 spiro atoms. The predicted molar refractivity (Wildman–Crippen MR) is 246 cm³/mol. The van der Waals surface area contributed by atoms with Crippen molar-refractivity contribution in [3.05, 3.63) is 133 Å². The molecular weight excluding hydrogens is 836 g/mol. The summed E-state index contributed by atoms with van der Waals surface area (Å²) in [5.41, 5.74) is 7.38. The lowest BCUT2D eigenvalue weighted by Gasteiger charge is -2.34. The molecule has 6 aliphatic rings. The molecule has 0 aromatic heterocycles. The Labute approximate surface area is 372 Å². The molecule has 11 nitrogen and oxygen atoms in total. The van der Waals surface area contributed by atoms with E-state index in [0.29, 0.717) is 86.2 Å². The van der Waals surface area contributed by atoms with E-state index in [1.165, 1.54) is 6.07 Å². The molecular formula is C51H46F3N5O6. The molecule has 65 heavy (non-hydrogen) atoms. The van der Waals surface area contributed by atoms with Crippen LogP contribution in [0.5, 0.6) is 5.75 Å². The lowest BCUT2D eigenvalue weighted by Crippen LogP contribution is -2.44. The van der Waals surface area contributed by atoms with E-state index >= 15 is 0 Å². The van der Waals surface area contributed by atoms with Gasteiger partial charge in [-0.05, 0) is 105 Å². The number of nitrogens with zero attached hydrogens (tertiary/aromatic N) is 5. The van der Waals surface area contributed by atoms with Gasteiger partial charge in [0.2, 0.25) is 0 Å². The highest BCUT2D eigenvalue weighted by Crippen LogP contribution is 2.42. The first-order valence-electron chi connectivity index (χ1n) is 21.7. The third kappa shape index (κ3) is 7.53. The van der Waals surface area contributed by atoms with Crippen molar-refractivity contribution in [3.8, 4) is 50.9 Å². The van der Waals surface area contributed by atoms with Gasteiger partial charge < -0.3 is 33.0 Å². The van der Waals surface area contributed by atoms with Crippen molar-refractivity contribution < 1.29 is 31.5 Å². The molecule has 4 aromatic carbocycles. The number of methoxy groups -OCH3 is 1. The van der Waals surface area contributed by atoms with Crippen LogP contribution >= 0.6 is 0 Å². The van der Waals surface area contributed by atoms with Gasteiger partial charge in [0, 0.05) is 79.8 Å². The summed E-state index contributed by atoms with van der Waals surface area (Å²) in [5, 5.41) is 0. The molecule has 2 saturated heterocycles. The first-order chi connectivity index (χ1) is 31.3. The van der Waals surface area contributed by atoms with Gasteiger partial charge in [-0.2, -0.15) is 13.2 Å². The number of hydrogen-bond donors (Lipinski definition) is 0. The Morgan fingerprint density at radius 1 is 0.662 bits per heavy atom. The summed E-state index contributed by atoms with van der Waals surface area (Å²) in [6, 6.07) is 22.2. The van der Waals surface area contributed by atoms with Crippen LogP contribution in [0.25, 0.3) is 67.4 Å². The maximum atomic E-state index is 14.9. The van der Waals surface area contributed by atoms with Crippen LogP contribution in [0.15, 0.2) is 97.3 Å². The van der Waals surface area contributed by atoms with Gasteiger partial charge in [0.1, 0.15) is 28.2 Å². The number of likely N-dealkylation sites (N-methyl/N-ethyl adjacent to an activating group) is 1. The van der Waals surface area contributed by atoms with Crippen LogP contribution in [-0.2, 0) is 17.3 Å². The standard InChI is InChI=1S/C51H46F3N5O6/c1-28-29(2)47(60)44(36-13-12-35(27-41(36)62-5)59-20-22-63-23-21-59)50-45(28)56-39-25-31(6-15-40(39)64-50)24-37-30(3)46-49(65-42-26-33(51(52,53)54)9-14-38(42)55-46)43(48(37)61)32-7-10-34(11-8-32)58-18-16-57(4)17-19-58/h6-15,25-27H,16-24H2,1-5H3. The van der Waals surface area contributed by atoms with E-state index in [2.05, 4.69) is 21.7 Å². The highest BCUT2D eigenvalue weighted by atomic mass is 19.4. The first-order valence-corrected chi connectivity index (χ1v) is 21.7. The molecule has 4 aliphatic heterocycles. The van der Waals surface area contributed by atoms with Gasteiger partial charge in [-0.15, -0.1) is 0 Å². The molecule has 10 rings (SSSR count). The number of anilines is 2. The number of halogens is 3. The van der Waals surface area contributed by atoms with Gasteiger partial charge in [0.05, 0.1) is 37.0 Å². The minimum Gasteiger partial charge on any atom is -0.496 e. The zero-order valence-corrected chi connectivity index (χ0v) is 36.7. The number of morpholine rings is 1. The molecule has 0 unspecified atom stereocenters. The van der Waals surface area contributed by atoms with Crippen LogP contribution in [0.4, 0.5) is 24.5 Å². The highest BCUT2D eigenvalue weighted by Gasteiger charge is 2.33. The lowest BCUT2D eigenvalue weighted by atomic mass is 9.90. The van der Waals surface area contributed by atoms with E-state index in [0.717, 1.165) is 68.3 Å². The van der Waals surface area contributed by atoms with Crippen LogP contribution in [0, 0.1) is 20.8 Å². The average Bonchev–Trinajstić information content (AvgIpc) is 3.31. The number of hydrogen-bond acceptors (Lipinski definition) is 11. The Morgan fingerprint density at radius 3 is 2.05 bits per heavy atom. The van der Waals surface area contributed by atoms with Gasteiger partial charge in [0.15, 0.2) is 33.5 Å². The summed E-state index contributed by atoms with van der Waals surface area (Å²) in [7, 11) is 3.68. The fourth-order valence-electron chi connectivity index (χ4n) is 9.16. The third-order valence-corrected chi connectivity index (χ3v) is 13.1. The Balaban J connectivity index is 1.08. The molecule has 0 radical (unpaired) electrons. The Hall–Kier alpha value is -6.77. The summed E-state index contributed by atoms with van der Waals surface area (Å²) in [4.78, 5) is 45.7.